The maximum absolute atomic E-state index is 13.1. The Morgan fingerprint density at radius 2 is 2.06 bits per heavy atom. The molecule has 2 aromatic carbocycles. The summed E-state index contributed by atoms with van der Waals surface area (Å²) in [6.45, 7) is 0.385. The van der Waals surface area contributed by atoms with E-state index in [0.29, 0.717) is 42.0 Å². The smallest absolute Gasteiger partial charge is 0.256 e. The van der Waals surface area contributed by atoms with E-state index in [1.165, 1.54) is 7.11 Å². The van der Waals surface area contributed by atoms with Crippen molar-refractivity contribution in [1.82, 2.24) is 10.2 Å². The highest BCUT2D eigenvalue weighted by molar-refractivity contribution is 9.10. The summed E-state index contributed by atoms with van der Waals surface area (Å²) in [6, 6.07) is 9.80. The van der Waals surface area contributed by atoms with Gasteiger partial charge in [0.1, 0.15) is 11.8 Å². The van der Waals surface area contributed by atoms with Gasteiger partial charge in [-0.2, -0.15) is 0 Å². The molecule has 2 aromatic rings. The van der Waals surface area contributed by atoms with Crippen molar-refractivity contribution in [3.05, 3.63) is 52.0 Å². The number of thioether (sulfide) groups is 1. The summed E-state index contributed by atoms with van der Waals surface area (Å²) in [5.74, 6) is -0.172. The second-order valence-electron chi connectivity index (χ2n) is 7.45. The van der Waals surface area contributed by atoms with Gasteiger partial charge < -0.3 is 20.3 Å². The minimum Gasteiger partial charge on any atom is -0.496 e. The Hall–Kier alpha value is -2.52. The highest BCUT2D eigenvalue weighted by Crippen LogP contribution is 2.31. The number of ether oxygens (including phenoxy) is 1. The van der Waals surface area contributed by atoms with Gasteiger partial charge in [-0.05, 0) is 55.5 Å². The number of nitrogens with zero attached hydrogens (tertiary/aromatic N) is 1. The number of fused-ring (bicyclic) bond motifs is 2. The van der Waals surface area contributed by atoms with Crippen LogP contribution in [-0.4, -0.2) is 54.6 Å². The van der Waals surface area contributed by atoms with Crippen molar-refractivity contribution in [2.24, 2.45) is 0 Å². The lowest BCUT2D eigenvalue weighted by Gasteiger charge is -2.37. The van der Waals surface area contributed by atoms with Gasteiger partial charge in [-0.15, -0.1) is 11.8 Å². The van der Waals surface area contributed by atoms with Gasteiger partial charge in [0.15, 0.2) is 0 Å². The first-order valence-electron chi connectivity index (χ1n) is 9.85. The molecule has 2 atom stereocenters. The number of carbonyl (C=O) groups excluding carboxylic acids is 3. The third kappa shape index (κ3) is 4.29. The van der Waals surface area contributed by atoms with Crippen LogP contribution in [-0.2, 0) is 4.79 Å². The number of amides is 3. The molecule has 0 saturated carbocycles. The molecule has 2 aliphatic heterocycles. The van der Waals surface area contributed by atoms with E-state index in [4.69, 9.17) is 4.74 Å². The van der Waals surface area contributed by atoms with Gasteiger partial charge in [-0.25, -0.2) is 0 Å². The van der Waals surface area contributed by atoms with Crippen LogP contribution in [0, 0.1) is 0 Å². The number of hydrogen-bond donors (Lipinski definition) is 2. The lowest BCUT2D eigenvalue weighted by atomic mass is 9.95. The van der Waals surface area contributed by atoms with E-state index in [1.807, 2.05) is 18.4 Å². The fraction of sp³-hybridized carbons (Fsp3) is 0.318. The first kappa shape index (κ1) is 21.7. The summed E-state index contributed by atoms with van der Waals surface area (Å²) in [7, 11) is 1.53. The fourth-order valence-corrected chi connectivity index (χ4v) is 4.80. The third-order valence-corrected chi connectivity index (χ3v) is 6.84. The lowest BCUT2D eigenvalue weighted by Crippen LogP contribution is -2.55. The van der Waals surface area contributed by atoms with Crippen molar-refractivity contribution >= 4 is 51.1 Å². The third-order valence-electron chi connectivity index (χ3n) is 5.62. The van der Waals surface area contributed by atoms with Crippen LogP contribution < -0.4 is 15.4 Å². The fourth-order valence-electron chi connectivity index (χ4n) is 4.01. The number of halogens is 1. The number of piperidine rings is 1. The molecule has 31 heavy (non-hydrogen) atoms. The number of rotatable bonds is 4. The molecule has 0 aliphatic carbocycles. The zero-order valence-corrected chi connectivity index (χ0v) is 19.5. The van der Waals surface area contributed by atoms with Gasteiger partial charge in [0.25, 0.3) is 11.8 Å². The van der Waals surface area contributed by atoms with Crippen molar-refractivity contribution in [2.75, 3.05) is 25.2 Å². The Bertz CT molecular complexity index is 1060. The first-order valence-corrected chi connectivity index (χ1v) is 11.9. The minimum atomic E-state index is -0.640. The molecule has 1 fully saturated rings. The van der Waals surface area contributed by atoms with Crippen molar-refractivity contribution in [3.63, 3.8) is 0 Å². The molecule has 0 unspecified atom stereocenters. The maximum atomic E-state index is 13.1. The van der Waals surface area contributed by atoms with Crippen LogP contribution >= 0.6 is 27.7 Å². The molecular formula is C22H22BrN3O4S. The maximum Gasteiger partial charge on any atom is 0.256 e. The molecule has 3 amide bonds. The molecule has 162 valence electrons. The van der Waals surface area contributed by atoms with E-state index in [2.05, 4.69) is 26.6 Å². The van der Waals surface area contributed by atoms with E-state index in [-0.39, 0.29) is 23.8 Å². The van der Waals surface area contributed by atoms with Gasteiger partial charge in [-0.1, -0.05) is 15.9 Å². The summed E-state index contributed by atoms with van der Waals surface area (Å²) < 4.78 is 6.16. The van der Waals surface area contributed by atoms with Crippen LogP contribution in [0.4, 0.5) is 5.69 Å². The molecule has 1 saturated heterocycles. The van der Waals surface area contributed by atoms with Crippen molar-refractivity contribution < 1.29 is 19.1 Å². The molecule has 2 heterocycles. The molecule has 2 aliphatic rings. The predicted molar refractivity (Wildman–Crippen MR) is 123 cm³/mol. The topological polar surface area (TPSA) is 87.7 Å². The van der Waals surface area contributed by atoms with E-state index in [9.17, 15) is 14.4 Å². The number of benzene rings is 2. The Labute approximate surface area is 193 Å². The van der Waals surface area contributed by atoms with Crippen LogP contribution in [0.5, 0.6) is 5.75 Å². The summed E-state index contributed by atoms with van der Waals surface area (Å²) in [5, 5.41) is 5.87. The Morgan fingerprint density at radius 1 is 1.26 bits per heavy atom. The van der Waals surface area contributed by atoms with Gasteiger partial charge >= 0.3 is 0 Å². The van der Waals surface area contributed by atoms with Crippen molar-refractivity contribution in [3.8, 4) is 5.75 Å². The average molecular weight is 504 g/mol. The molecule has 9 heteroatoms. The summed E-state index contributed by atoms with van der Waals surface area (Å²) in [4.78, 5) is 41.4. The van der Waals surface area contributed by atoms with Gasteiger partial charge in [0, 0.05) is 22.0 Å². The highest BCUT2D eigenvalue weighted by Gasteiger charge is 2.40. The number of anilines is 1. The van der Waals surface area contributed by atoms with Crippen LogP contribution in [0.1, 0.15) is 33.6 Å². The van der Waals surface area contributed by atoms with Crippen LogP contribution in [0.3, 0.4) is 0 Å². The monoisotopic (exact) mass is 503 g/mol. The summed E-state index contributed by atoms with van der Waals surface area (Å²) in [6.07, 6.45) is 2.87. The minimum absolute atomic E-state index is 0.182. The lowest BCUT2D eigenvalue weighted by molar-refractivity contribution is -0.121. The van der Waals surface area contributed by atoms with E-state index < -0.39 is 6.04 Å². The quantitative estimate of drug-likeness (QED) is 0.623. The molecule has 2 N–H and O–H groups in total. The standard InChI is InChI=1S/C22H22BrN3O4S/c1-30-19-11-14(31-2)4-5-15(19)20(27)24-13-7-8-26-18(10-13)21(28)25-17-6-3-12(23)9-16(17)22(26)29/h3-6,9,11,13,18H,7-8,10H2,1-2H3,(H,24,27)(H,25,28)/t13-,18-/m0/s1. The summed E-state index contributed by atoms with van der Waals surface area (Å²) >= 11 is 4.95. The van der Waals surface area contributed by atoms with Crippen LogP contribution in [0.25, 0.3) is 0 Å². The molecule has 0 aromatic heterocycles. The second-order valence-corrected chi connectivity index (χ2v) is 9.25. The number of nitrogens with one attached hydrogen (secondary N) is 2. The van der Waals surface area contributed by atoms with Crippen LogP contribution in [0.2, 0.25) is 0 Å². The zero-order chi connectivity index (χ0) is 22.1. The Balaban J connectivity index is 1.51. The molecule has 7 nitrogen and oxygen atoms in total. The van der Waals surface area contributed by atoms with E-state index in [0.717, 1.165) is 9.37 Å². The van der Waals surface area contributed by atoms with Crippen molar-refractivity contribution in [2.45, 2.75) is 29.8 Å². The summed E-state index contributed by atoms with van der Waals surface area (Å²) in [5.41, 5.74) is 1.42. The van der Waals surface area contributed by atoms with Crippen LogP contribution in [0.15, 0.2) is 45.8 Å². The SMILES string of the molecule is COc1cc(SC)ccc1C(=O)N[C@H]1CCN2C(=O)c3cc(Br)ccc3NC(=O)[C@@H]2C1. The second kappa shape index (κ2) is 8.92. The van der Waals surface area contributed by atoms with E-state index in [1.54, 1.807) is 40.9 Å². The van der Waals surface area contributed by atoms with E-state index >= 15 is 0 Å². The molecule has 4 rings (SSSR count). The first-order chi connectivity index (χ1) is 14.9. The Morgan fingerprint density at radius 3 is 2.81 bits per heavy atom. The number of carbonyl (C=O) groups is 3. The average Bonchev–Trinajstić information content (AvgIpc) is 2.88. The Kier molecular flexibility index (Phi) is 6.24. The predicted octanol–water partition coefficient (Wildman–Crippen LogP) is 3.53. The highest BCUT2D eigenvalue weighted by atomic mass is 79.9. The zero-order valence-electron chi connectivity index (χ0n) is 17.1. The van der Waals surface area contributed by atoms with Gasteiger partial charge in [0.05, 0.1) is 23.9 Å². The molecule has 0 radical (unpaired) electrons. The number of methoxy groups -OCH3 is 1. The largest absolute Gasteiger partial charge is 0.496 e. The normalized spacial score (nSPS) is 20.3. The number of hydrogen-bond acceptors (Lipinski definition) is 5. The molecule has 0 bridgehead atoms. The van der Waals surface area contributed by atoms with Crippen molar-refractivity contribution in [1.29, 1.82) is 0 Å². The molecular weight excluding hydrogens is 482 g/mol. The van der Waals surface area contributed by atoms with Gasteiger partial charge in [0.2, 0.25) is 5.91 Å². The molecule has 0 spiro atoms. The van der Waals surface area contributed by atoms with Gasteiger partial charge in [-0.3, -0.25) is 14.4 Å².